The molecule has 5 nitrogen and oxygen atoms in total. The maximum absolute atomic E-state index is 12.7. The number of carboxylic acid groups (broad SMARTS) is 1. The third-order valence-electron chi connectivity index (χ3n) is 2.60. The molecule has 7 heteroatoms. The highest BCUT2D eigenvalue weighted by Gasteiger charge is 2.24. The number of sulfonamides is 1. The van der Waals surface area contributed by atoms with Gasteiger partial charge in [0.15, 0.2) is 0 Å². The van der Waals surface area contributed by atoms with Crippen LogP contribution in [0.15, 0.2) is 24.3 Å². The number of halogens is 1. The van der Waals surface area contributed by atoms with Crippen molar-refractivity contribution in [2.75, 3.05) is 0 Å². The van der Waals surface area contributed by atoms with E-state index in [1.807, 2.05) is 13.8 Å². The van der Waals surface area contributed by atoms with Crippen LogP contribution in [0.5, 0.6) is 0 Å². The third-order valence-corrected chi connectivity index (χ3v) is 3.95. The molecule has 0 amide bonds. The minimum Gasteiger partial charge on any atom is -0.480 e. The SMILES string of the molecule is CC(C)CC(NS(=O)(=O)Cc1ccc(F)cc1)C(=O)O. The molecule has 0 aliphatic heterocycles. The first-order valence-corrected chi connectivity index (χ1v) is 7.82. The third kappa shape index (κ3) is 5.66. The van der Waals surface area contributed by atoms with Gasteiger partial charge in [-0.15, -0.1) is 0 Å². The van der Waals surface area contributed by atoms with Gasteiger partial charge in [0.05, 0.1) is 5.75 Å². The number of hydrogen-bond donors (Lipinski definition) is 2. The van der Waals surface area contributed by atoms with Crippen LogP contribution in [-0.4, -0.2) is 25.5 Å². The van der Waals surface area contributed by atoms with E-state index in [1.165, 1.54) is 12.1 Å². The van der Waals surface area contributed by atoms with Crippen molar-refractivity contribution in [3.05, 3.63) is 35.6 Å². The Morgan fingerprint density at radius 2 is 1.85 bits per heavy atom. The minimum absolute atomic E-state index is 0.0459. The van der Waals surface area contributed by atoms with E-state index in [4.69, 9.17) is 5.11 Å². The maximum Gasteiger partial charge on any atom is 0.321 e. The van der Waals surface area contributed by atoms with Gasteiger partial charge >= 0.3 is 5.97 Å². The van der Waals surface area contributed by atoms with Crippen LogP contribution in [0.4, 0.5) is 4.39 Å². The maximum atomic E-state index is 12.7. The Hall–Kier alpha value is -1.47. The Morgan fingerprint density at radius 1 is 1.30 bits per heavy atom. The topological polar surface area (TPSA) is 83.5 Å². The van der Waals surface area contributed by atoms with Gasteiger partial charge in [0.25, 0.3) is 0 Å². The monoisotopic (exact) mass is 303 g/mol. The quantitative estimate of drug-likeness (QED) is 0.803. The summed E-state index contributed by atoms with van der Waals surface area (Å²) < 4.78 is 38.7. The number of hydrogen-bond acceptors (Lipinski definition) is 3. The Morgan fingerprint density at radius 3 is 2.30 bits per heavy atom. The van der Waals surface area contributed by atoms with Crippen LogP contribution in [0.25, 0.3) is 0 Å². The summed E-state index contributed by atoms with van der Waals surface area (Å²) in [5.74, 6) is -2.00. The molecule has 0 saturated carbocycles. The molecule has 1 atom stereocenters. The molecular weight excluding hydrogens is 285 g/mol. The zero-order valence-electron chi connectivity index (χ0n) is 11.3. The summed E-state index contributed by atoms with van der Waals surface area (Å²) in [6.07, 6.45) is 0.206. The van der Waals surface area contributed by atoms with Crippen LogP contribution in [-0.2, 0) is 20.6 Å². The van der Waals surface area contributed by atoms with E-state index in [-0.39, 0.29) is 18.1 Å². The number of nitrogens with one attached hydrogen (secondary N) is 1. The normalized spacial score (nSPS) is 13.4. The van der Waals surface area contributed by atoms with Crippen LogP contribution in [0.1, 0.15) is 25.8 Å². The average molecular weight is 303 g/mol. The predicted octanol–water partition coefficient (Wildman–Crippen LogP) is 1.74. The first kappa shape index (κ1) is 16.6. The fraction of sp³-hybridized carbons (Fsp3) is 0.462. The van der Waals surface area contributed by atoms with Gasteiger partial charge in [-0.05, 0) is 30.0 Å². The highest BCUT2D eigenvalue weighted by Crippen LogP contribution is 2.10. The fourth-order valence-electron chi connectivity index (χ4n) is 1.73. The van der Waals surface area contributed by atoms with Crippen LogP contribution >= 0.6 is 0 Å². The molecule has 1 unspecified atom stereocenters. The zero-order chi connectivity index (χ0) is 15.3. The summed E-state index contributed by atoms with van der Waals surface area (Å²) >= 11 is 0. The molecule has 1 aromatic carbocycles. The second-order valence-electron chi connectivity index (χ2n) is 5.02. The van der Waals surface area contributed by atoms with Crippen molar-refractivity contribution >= 4 is 16.0 Å². The Bertz CT molecular complexity index is 554. The molecule has 0 aliphatic carbocycles. The molecule has 0 aromatic heterocycles. The lowest BCUT2D eigenvalue weighted by Gasteiger charge is -2.16. The summed E-state index contributed by atoms with van der Waals surface area (Å²) in [4.78, 5) is 11.0. The smallest absolute Gasteiger partial charge is 0.321 e. The predicted molar refractivity (Wildman–Crippen MR) is 73.0 cm³/mol. The number of aliphatic carboxylic acids is 1. The van der Waals surface area contributed by atoms with Gasteiger partial charge in [-0.3, -0.25) is 4.79 Å². The van der Waals surface area contributed by atoms with E-state index < -0.39 is 27.9 Å². The highest BCUT2D eigenvalue weighted by molar-refractivity contribution is 7.88. The van der Waals surface area contributed by atoms with Crippen LogP contribution in [0, 0.1) is 11.7 Å². The van der Waals surface area contributed by atoms with Crippen molar-refractivity contribution < 1.29 is 22.7 Å². The van der Waals surface area contributed by atoms with Crippen molar-refractivity contribution in [3.63, 3.8) is 0 Å². The molecule has 0 heterocycles. The highest BCUT2D eigenvalue weighted by atomic mass is 32.2. The lowest BCUT2D eigenvalue weighted by molar-refractivity contribution is -0.139. The van der Waals surface area contributed by atoms with Gasteiger partial charge in [0.1, 0.15) is 11.9 Å². The lowest BCUT2D eigenvalue weighted by atomic mass is 10.1. The number of carbonyl (C=O) groups is 1. The van der Waals surface area contributed by atoms with Gasteiger partial charge in [-0.25, -0.2) is 17.5 Å². The number of benzene rings is 1. The zero-order valence-corrected chi connectivity index (χ0v) is 12.2. The summed E-state index contributed by atoms with van der Waals surface area (Å²) in [6, 6.07) is 3.88. The van der Waals surface area contributed by atoms with E-state index in [2.05, 4.69) is 4.72 Å². The standard InChI is InChI=1S/C13H18FNO4S/c1-9(2)7-12(13(16)17)15-20(18,19)8-10-3-5-11(14)6-4-10/h3-6,9,12,15H,7-8H2,1-2H3,(H,16,17). The summed E-state index contributed by atoms with van der Waals surface area (Å²) in [6.45, 7) is 3.62. The van der Waals surface area contributed by atoms with Crippen molar-refractivity contribution in [2.45, 2.75) is 32.1 Å². The van der Waals surface area contributed by atoms with Gasteiger partial charge in [-0.1, -0.05) is 26.0 Å². The molecule has 2 N–H and O–H groups in total. The molecule has 1 aromatic rings. The minimum atomic E-state index is -3.79. The summed E-state index contributed by atoms with van der Waals surface area (Å²) in [5, 5.41) is 9.01. The molecule has 0 saturated heterocycles. The molecule has 112 valence electrons. The summed E-state index contributed by atoms with van der Waals surface area (Å²) in [5.41, 5.74) is 0.396. The average Bonchev–Trinajstić information content (AvgIpc) is 2.30. The molecule has 0 fully saturated rings. The molecule has 1 rings (SSSR count). The van der Waals surface area contributed by atoms with Crippen LogP contribution in [0.3, 0.4) is 0 Å². The summed E-state index contributed by atoms with van der Waals surface area (Å²) in [7, 11) is -3.79. The van der Waals surface area contributed by atoms with Gasteiger partial charge in [0.2, 0.25) is 10.0 Å². The van der Waals surface area contributed by atoms with Gasteiger partial charge < -0.3 is 5.11 Å². The Kier molecular flexibility index (Phi) is 5.64. The molecule has 0 aliphatic rings. The number of rotatable bonds is 7. The van der Waals surface area contributed by atoms with E-state index in [9.17, 15) is 17.6 Å². The van der Waals surface area contributed by atoms with Crippen molar-refractivity contribution in [1.29, 1.82) is 0 Å². The number of carboxylic acids is 1. The van der Waals surface area contributed by atoms with Crippen LogP contribution < -0.4 is 4.72 Å². The van der Waals surface area contributed by atoms with Gasteiger partial charge in [0, 0.05) is 0 Å². The van der Waals surface area contributed by atoms with E-state index >= 15 is 0 Å². The van der Waals surface area contributed by atoms with Gasteiger partial charge in [-0.2, -0.15) is 0 Å². The molecule has 0 radical (unpaired) electrons. The van der Waals surface area contributed by atoms with E-state index in [0.717, 1.165) is 12.1 Å². The second kappa shape index (κ2) is 6.81. The Labute approximate surface area is 117 Å². The van der Waals surface area contributed by atoms with E-state index in [1.54, 1.807) is 0 Å². The molecule has 20 heavy (non-hydrogen) atoms. The van der Waals surface area contributed by atoms with Crippen molar-refractivity contribution in [1.82, 2.24) is 4.72 Å². The second-order valence-corrected chi connectivity index (χ2v) is 6.78. The first-order valence-electron chi connectivity index (χ1n) is 6.17. The Balaban J connectivity index is 2.77. The molecule has 0 spiro atoms. The molecule has 0 bridgehead atoms. The fourth-order valence-corrected chi connectivity index (χ4v) is 3.07. The largest absolute Gasteiger partial charge is 0.480 e. The molecular formula is C13H18FNO4S. The van der Waals surface area contributed by atoms with Crippen molar-refractivity contribution in [3.8, 4) is 0 Å². The lowest BCUT2D eigenvalue weighted by Crippen LogP contribution is -2.42. The van der Waals surface area contributed by atoms with Crippen LogP contribution in [0.2, 0.25) is 0 Å². The van der Waals surface area contributed by atoms with E-state index in [0.29, 0.717) is 5.56 Å². The first-order chi connectivity index (χ1) is 9.19. The van der Waals surface area contributed by atoms with Crippen molar-refractivity contribution in [2.24, 2.45) is 5.92 Å².